The summed E-state index contributed by atoms with van der Waals surface area (Å²) in [6.07, 6.45) is 5.82. The number of carbonyl (C=O) groups excluding carboxylic acids is 2. The van der Waals surface area contributed by atoms with Crippen LogP contribution in [0.15, 0.2) is 35.8 Å². The van der Waals surface area contributed by atoms with Crippen molar-refractivity contribution in [3.63, 3.8) is 0 Å². The summed E-state index contributed by atoms with van der Waals surface area (Å²) in [6.45, 7) is 2.28. The van der Waals surface area contributed by atoms with Gasteiger partial charge in [0.15, 0.2) is 6.61 Å². The number of ether oxygens (including phenoxy) is 1. The van der Waals surface area contributed by atoms with E-state index in [2.05, 4.69) is 16.0 Å². The first-order valence-electron chi connectivity index (χ1n) is 9.44. The van der Waals surface area contributed by atoms with Gasteiger partial charge in [-0.1, -0.05) is 6.07 Å². The van der Waals surface area contributed by atoms with Gasteiger partial charge in [0, 0.05) is 30.7 Å². The standard InChI is InChI=1S/C20H23N3O3S/c24-18(23-12-4-7-16(23)17-8-5-13-27-17)14-26-20(25)15-6-3-9-21-19(15)22-10-1-2-11-22/h3,5-6,8-9,13,16H,1-2,4,7,10-12,14H2. The molecule has 0 N–H and O–H groups in total. The SMILES string of the molecule is O=C(OCC(=O)N1CCCC1c1cccs1)c1cccnc1N1CCCC1. The highest BCUT2D eigenvalue weighted by atomic mass is 32.1. The number of aromatic nitrogens is 1. The average molecular weight is 385 g/mol. The van der Waals surface area contributed by atoms with E-state index in [1.165, 1.54) is 4.88 Å². The molecular formula is C20H23N3O3S. The number of anilines is 1. The summed E-state index contributed by atoms with van der Waals surface area (Å²) in [5, 5.41) is 2.03. The molecule has 0 bridgehead atoms. The number of esters is 1. The first-order valence-corrected chi connectivity index (χ1v) is 10.3. The van der Waals surface area contributed by atoms with Crippen molar-refractivity contribution in [1.82, 2.24) is 9.88 Å². The number of carbonyl (C=O) groups is 2. The fourth-order valence-electron chi connectivity index (χ4n) is 3.87. The second-order valence-electron chi connectivity index (χ2n) is 6.91. The van der Waals surface area contributed by atoms with Crippen molar-refractivity contribution in [2.24, 2.45) is 0 Å². The Morgan fingerprint density at radius 2 is 2.00 bits per heavy atom. The number of rotatable bonds is 5. The van der Waals surface area contributed by atoms with E-state index in [0.717, 1.165) is 38.8 Å². The predicted molar refractivity (Wildman–Crippen MR) is 104 cm³/mol. The minimum atomic E-state index is -0.481. The van der Waals surface area contributed by atoms with Gasteiger partial charge in [-0.25, -0.2) is 9.78 Å². The van der Waals surface area contributed by atoms with Crippen LogP contribution in [0, 0.1) is 0 Å². The molecule has 1 atom stereocenters. The van der Waals surface area contributed by atoms with Crippen molar-refractivity contribution in [1.29, 1.82) is 0 Å². The Hall–Kier alpha value is -2.41. The summed E-state index contributed by atoms with van der Waals surface area (Å²) in [5.74, 6) is 0.0427. The van der Waals surface area contributed by atoms with Gasteiger partial charge in [0.25, 0.3) is 5.91 Å². The summed E-state index contributed by atoms with van der Waals surface area (Å²) in [6, 6.07) is 7.62. The first-order chi connectivity index (χ1) is 13.2. The van der Waals surface area contributed by atoms with Crippen LogP contribution in [0.3, 0.4) is 0 Å². The molecule has 1 amide bonds. The molecule has 2 aromatic rings. The van der Waals surface area contributed by atoms with Gasteiger partial charge in [0.05, 0.1) is 6.04 Å². The molecule has 4 rings (SSSR count). The highest BCUT2D eigenvalue weighted by Crippen LogP contribution is 2.34. The minimum absolute atomic E-state index is 0.106. The molecule has 0 spiro atoms. The minimum Gasteiger partial charge on any atom is -0.452 e. The molecule has 0 saturated carbocycles. The van der Waals surface area contributed by atoms with E-state index in [1.54, 1.807) is 29.7 Å². The summed E-state index contributed by atoms with van der Waals surface area (Å²) >= 11 is 1.66. The third-order valence-electron chi connectivity index (χ3n) is 5.18. The highest BCUT2D eigenvalue weighted by molar-refractivity contribution is 7.10. The summed E-state index contributed by atoms with van der Waals surface area (Å²) < 4.78 is 5.37. The van der Waals surface area contributed by atoms with Crippen LogP contribution in [0.4, 0.5) is 5.82 Å². The van der Waals surface area contributed by atoms with Gasteiger partial charge >= 0.3 is 5.97 Å². The number of thiophene rings is 1. The maximum Gasteiger partial charge on any atom is 0.342 e. The van der Waals surface area contributed by atoms with Gasteiger partial charge in [-0.3, -0.25) is 4.79 Å². The summed E-state index contributed by atoms with van der Waals surface area (Å²) in [7, 11) is 0. The van der Waals surface area contributed by atoms with Crippen LogP contribution in [0.25, 0.3) is 0 Å². The van der Waals surface area contributed by atoms with Gasteiger partial charge in [-0.05, 0) is 49.3 Å². The van der Waals surface area contributed by atoms with Crippen LogP contribution in [0.1, 0.15) is 47.0 Å². The van der Waals surface area contributed by atoms with Gasteiger partial charge < -0.3 is 14.5 Å². The van der Waals surface area contributed by atoms with Gasteiger partial charge in [-0.15, -0.1) is 11.3 Å². The molecule has 2 aliphatic rings. The number of nitrogens with zero attached hydrogens (tertiary/aromatic N) is 3. The van der Waals surface area contributed by atoms with E-state index in [9.17, 15) is 9.59 Å². The lowest BCUT2D eigenvalue weighted by molar-refractivity contribution is -0.135. The van der Waals surface area contributed by atoms with E-state index < -0.39 is 5.97 Å². The van der Waals surface area contributed by atoms with E-state index in [4.69, 9.17) is 4.74 Å². The van der Waals surface area contributed by atoms with Crippen molar-refractivity contribution in [2.45, 2.75) is 31.7 Å². The molecular weight excluding hydrogens is 362 g/mol. The normalized spacial score (nSPS) is 19.5. The quantitative estimate of drug-likeness (QED) is 0.739. The molecule has 2 aliphatic heterocycles. The van der Waals surface area contributed by atoms with E-state index >= 15 is 0 Å². The van der Waals surface area contributed by atoms with E-state index in [0.29, 0.717) is 17.9 Å². The fourth-order valence-corrected chi connectivity index (χ4v) is 4.74. The lowest BCUT2D eigenvalue weighted by Crippen LogP contribution is -2.34. The number of likely N-dealkylation sites (tertiary alicyclic amines) is 1. The molecule has 7 heteroatoms. The second kappa shape index (κ2) is 8.08. The number of pyridine rings is 1. The third kappa shape index (κ3) is 3.83. The fraction of sp³-hybridized carbons (Fsp3) is 0.450. The maximum atomic E-state index is 12.7. The monoisotopic (exact) mass is 385 g/mol. The van der Waals surface area contributed by atoms with Crippen molar-refractivity contribution in [2.75, 3.05) is 31.1 Å². The largest absolute Gasteiger partial charge is 0.452 e. The topological polar surface area (TPSA) is 62.7 Å². The Morgan fingerprint density at radius 1 is 1.15 bits per heavy atom. The maximum absolute atomic E-state index is 12.7. The van der Waals surface area contributed by atoms with Crippen molar-refractivity contribution in [3.8, 4) is 0 Å². The molecule has 1 unspecified atom stereocenters. The second-order valence-corrected chi connectivity index (χ2v) is 7.88. The Balaban J connectivity index is 1.40. The van der Waals surface area contributed by atoms with Crippen molar-refractivity contribution < 1.29 is 14.3 Å². The zero-order valence-electron chi connectivity index (χ0n) is 15.2. The van der Waals surface area contributed by atoms with Crippen LogP contribution in [0.2, 0.25) is 0 Å². The van der Waals surface area contributed by atoms with Crippen LogP contribution in [-0.2, 0) is 9.53 Å². The Kier molecular flexibility index (Phi) is 5.38. The zero-order valence-corrected chi connectivity index (χ0v) is 16.0. The van der Waals surface area contributed by atoms with Crippen LogP contribution in [-0.4, -0.2) is 48.0 Å². The Labute approximate surface area is 162 Å². The smallest absolute Gasteiger partial charge is 0.342 e. The van der Waals surface area contributed by atoms with E-state index in [-0.39, 0.29) is 18.6 Å². The lowest BCUT2D eigenvalue weighted by atomic mass is 10.2. The third-order valence-corrected chi connectivity index (χ3v) is 6.16. The van der Waals surface area contributed by atoms with Gasteiger partial charge in [-0.2, -0.15) is 0 Å². The Morgan fingerprint density at radius 3 is 2.78 bits per heavy atom. The van der Waals surface area contributed by atoms with Crippen LogP contribution >= 0.6 is 11.3 Å². The Bertz CT molecular complexity index is 803. The predicted octanol–water partition coefficient (Wildman–Crippen LogP) is 3.26. The van der Waals surface area contributed by atoms with Crippen molar-refractivity contribution in [3.05, 3.63) is 46.3 Å². The molecule has 4 heterocycles. The lowest BCUT2D eigenvalue weighted by Gasteiger charge is -2.24. The van der Waals surface area contributed by atoms with E-state index in [1.807, 2.05) is 16.3 Å². The summed E-state index contributed by atoms with van der Waals surface area (Å²) in [4.78, 5) is 34.7. The molecule has 142 valence electrons. The highest BCUT2D eigenvalue weighted by Gasteiger charge is 2.31. The number of hydrogen-bond acceptors (Lipinski definition) is 6. The van der Waals surface area contributed by atoms with Crippen LogP contribution in [0.5, 0.6) is 0 Å². The zero-order chi connectivity index (χ0) is 18.6. The van der Waals surface area contributed by atoms with Crippen LogP contribution < -0.4 is 4.90 Å². The average Bonchev–Trinajstić information content (AvgIpc) is 3.46. The molecule has 27 heavy (non-hydrogen) atoms. The molecule has 2 fully saturated rings. The number of hydrogen-bond donors (Lipinski definition) is 0. The first kappa shape index (κ1) is 18.0. The number of amides is 1. The van der Waals surface area contributed by atoms with Gasteiger partial charge in [0.2, 0.25) is 0 Å². The molecule has 2 saturated heterocycles. The molecule has 0 radical (unpaired) electrons. The van der Waals surface area contributed by atoms with Crippen molar-refractivity contribution >= 4 is 29.0 Å². The molecule has 2 aromatic heterocycles. The van der Waals surface area contributed by atoms with Gasteiger partial charge in [0.1, 0.15) is 11.4 Å². The molecule has 0 aromatic carbocycles. The molecule has 6 nitrogen and oxygen atoms in total. The molecule has 0 aliphatic carbocycles. The summed E-state index contributed by atoms with van der Waals surface area (Å²) in [5.41, 5.74) is 0.434.